The summed E-state index contributed by atoms with van der Waals surface area (Å²) in [6.45, 7) is 9.54. The Bertz CT molecular complexity index is 2780. The van der Waals surface area contributed by atoms with Crippen LogP contribution in [0.1, 0.15) is 125 Å². The minimum atomic E-state index is -4.64. The molecule has 2 atom stereocenters. The van der Waals surface area contributed by atoms with Gasteiger partial charge in [-0.3, -0.25) is 19.8 Å². The van der Waals surface area contributed by atoms with Gasteiger partial charge in [0.15, 0.2) is 0 Å². The molecule has 15 nitrogen and oxygen atoms in total. The van der Waals surface area contributed by atoms with Gasteiger partial charge in [0, 0.05) is 54.6 Å². The lowest BCUT2D eigenvalue weighted by molar-refractivity contribution is -0.386. The molecule has 5 heterocycles. The van der Waals surface area contributed by atoms with Gasteiger partial charge in [0.05, 0.1) is 39.4 Å². The third-order valence-corrected chi connectivity index (χ3v) is 16.8. The zero-order chi connectivity index (χ0) is 46.7. The van der Waals surface area contributed by atoms with Crippen molar-refractivity contribution >= 4 is 44.0 Å². The number of nitrogens with zero attached hydrogens (tertiary/aromatic N) is 4. The predicted octanol–water partition coefficient (Wildman–Crippen LogP) is 9.60. The van der Waals surface area contributed by atoms with E-state index in [4.69, 9.17) is 9.47 Å². The average Bonchev–Trinajstić information content (AvgIpc) is 3.98. The molecule has 4 fully saturated rings. The number of hydrogen-bond acceptors (Lipinski definition) is 12. The molecule has 3 aromatic carbocycles. The van der Waals surface area contributed by atoms with Crippen molar-refractivity contribution in [2.75, 3.05) is 36.4 Å². The van der Waals surface area contributed by atoms with Crippen LogP contribution in [0.3, 0.4) is 0 Å². The van der Waals surface area contributed by atoms with Gasteiger partial charge in [-0.15, -0.1) is 0 Å². The van der Waals surface area contributed by atoms with Gasteiger partial charge >= 0.3 is 5.69 Å². The van der Waals surface area contributed by atoms with E-state index >= 15 is 0 Å². The van der Waals surface area contributed by atoms with Gasteiger partial charge in [0.1, 0.15) is 23.3 Å². The first kappa shape index (κ1) is 45.1. The minimum Gasteiger partial charge on any atom is -0.480 e. The van der Waals surface area contributed by atoms with E-state index in [0.29, 0.717) is 60.6 Å². The predicted molar refractivity (Wildman–Crippen MR) is 257 cm³/mol. The summed E-state index contributed by atoms with van der Waals surface area (Å²) in [6, 6.07) is 21.1. The lowest BCUT2D eigenvalue weighted by Gasteiger charge is -2.56. The Morgan fingerprint density at radius 3 is 2.57 bits per heavy atom. The summed E-state index contributed by atoms with van der Waals surface area (Å²) in [5.41, 5.74) is 3.68. The number of anilines is 2. The third kappa shape index (κ3) is 9.19. The number of amides is 1. The first-order chi connectivity index (χ1) is 32.1. The zero-order valence-corrected chi connectivity index (χ0v) is 39.3. The van der Waals surface area contributed by atoms with Crippen LogP contribution in [0.25, 0.3) is 11.0 Å². The van der Waals surface area contributed by atoms with E-state index in [0.717, 1.165) is 62.5 Å². The van der Waals surface area contributed by atoms with Crippen molar-refractivity contribution in [1.29, 1.82) is 0 Å². The van der Waals surface area contributed by atoms with E-state index in [-0.39, 0.29) is 34.8 Å². The number of nitrogens with one attached hydrogen (secondary N) is 3. The number of nitro benzene ring substituents is 1. The quantitative estimate of drug-likeness (QED) is 0.0685. The molecule has 0 unspecified atom stereocenters. The van der Waals surface area contributed by atoms with Crippen LogP contribution in [-0.2, 0) is 10.0 Å². The van der Waals surface area contributed by atoms with Gasteiger partial charge in [-0.05, 0) is 143 Å². The van der Waals surface area contributed by atoms with Crippen molar-refractivity contribution in [3.05, 3.63) is 106 Å². The number of H-pyrrole nitrogens is 1. The number of hydrogen-bond donors (Lipinski definition) is 4. The fourth-order valence-corrected chi connectivity index (χ4v) is 12.7. The molecule has 10 rings (SSSR count). The molecular weight excluding hydrogens is 871 g/mol. The molecule has 2 saturated heterocycles. The number of piperidine rings is 1. The second-order valence-corrected chi connectivity index (χ2v) is 22.1. The lowest BCUT2D eigenvalue weighted by Crippen LogP contribution is -2.54. The van der Waals surface area contributed by atoms with Gasteiger partial charge in [-0.25, -0.2) is 18.1 Å². The molecule has 4 N–H and O–H groups in total. The molecule has 1 spiro atoms. The standard InChI is InChI=1S/C51H61N7O8S/c1-32(2)40-7-4-5-8-41(40)44-9-6-20-57(44)36-28-51(29-36)17-21-56(22-18-51)35-10-11-42(46(25-35)65-38-24-34-14-19-52-48(34)54-31-38)49(59)55-67(63,64)39-26-43-47(45(27-39)58(61)62)66-37(30-53-43)23-33-12-15-50(3,60)16-13-33/h4-5,7-8,10-11,14,19,24-27,31-33,36-37,44,53,60H,6,9,12-13,15-18,20-23,28-30H2,1-3H3,(H,52,54)(H,55,59)/t33?,37-,44+,50?/m0/s1. The summed E-state index contributed by atoms with van der Waals surface area (Å²) in [5.74, 6) is 0.288. The average molecular weight is 932 g/mol. The Kier molecular flexibility index (Phi) is 11.9. The number of aliphatic hydroxyl groups is 1. The van der Waals surface area contributed by atoms with Crippen LogP contribution in [-0.4, -0.2) is 83.1 Å². The van der Waals surface area contributed by atoms with Crippen LogP contribution in [0, 0.1) is 21.4 Å². The highest BCUT2D eigenvalue weighted by Crippen LogP contribution is 2.54. The minimum absolute atomic E-state index is 0.0306. The zero-order valence-electron chi connectivity index (χ0n) is 38.5. The van der Waals surface area contributed by atoms with Crippen molar-refractivity contribution in [1.82, 2.24) is 19.6 Å². The van der Waals surface area contributed by atoms with Crippen LogP contribution >= 0.6 is 0 Å². The number of benzene rings is 3. The highest BCUT2D eigenvalue weighted by Gasteiger charge is 2.50. The number of fused-ring (bicyclic) bond motifs is 2. The van der Waals surface area contributed by atoms with E-state index in [1.807, 2.05) is 19.1 Å². The Hall–Kier alpha value is -5.71. The molecule has 3 aliphatic heterocycles. The number of aromatic nitrogens is 2. The van der Waals surface area contributed by atoms with Gasteiger partial charge in [-0.2, -0.15) is 0 Å². The van der Waals surface area contributed by atoms with E-state index in [9.17, 15) is 28.4 Å². The molecule has 5 aromatic rings. The summed E-state index contributed by atoms with van der Waals surface area (Å²) < 4.78 is 42.7. The van der Waals surface area contributed by atoms with Gasteiger partial charge in [0.25, 0.3) is 15.9 Å². The summed E-state index contributed by atoms with van der Waals surface area (Å²) >= 11 is 0. The van der Waals surface area contributed by atoms with Gasteiger partial charge in [-0.1, -0.05) is 38.1 Å². The fourth-order valence-electron chi connectivity index (χ4n) is 11.6. The van der Waals surface area contributed by atoms with E-state index < -0.39 is 37.0 Å². The smallest absolute Gasteiger partial charge is 0.314 e. The molecule has 2 aliphatic carbocycles. The molecular formula is C51H61N7O8S. The first-order valence-electron chi connectivity index (χ1n) is 24.0. The maximum Gasteiger partial charge on any atom is 0.314 e. The molecule has 5 aliphatic rings. The monoisotopic (exact) mass is 931 g/mol. The first-order valence-corrected chi connectivity index (χ1v) is 25.5. The number of carbonyl (C=O) groups is 1. The van der Waals surface area contributed by atoms with Gasteiger partial charge in [0.2, 0.25) is 5.75 Å². The number of sulfonamides is 1. The van der Waals surface area contributed by atoms with Crippen LogP contribution < -0.4 is 24.4 Å². The van der Waals surface area contributed by atoms with Gasteiger partial charge < -0.3 is 29.8 Å². The number of rotatable bonds is 12. The van der Waals surface area contributed by atoms with Crippen LogP contribution in [0.4, 0.5) is 17.1 Å². The van der Waals surface area contributed by atoms with Crippen LogP contribution in [0.15, 0.2) is 84.0 Å². The Morgan fingerprint density at radius 2 is 1.81 bits per heavy atom. The number of aromatic amines is 1. The van der Waals surface area contributed by atoms with Crippen LogP contribution in [0.5, 0.6) is 17.2 Å². The Morgan fingerprint density at radius 1 is 1.03 bits per heavy atom. The molecule has 0 radical (unpaired) electrons. The van der Waals surface area contributed by atoms with Crippen molar-refractivity contribution in [3.8, 4) is 17.2 Å². The van der Waals surface area contributed by atoms with Crippen molar-refractivity contribution in [2.24, 2.45) is 11.3 Å². The summed E-state index contributed by atoms with van der Waals surface area (Å²) in [7, 11) is -4.64. The number of pyridine rings is 1. The number of ether oxygens (including phenoxy) is 2. The summed E-state index contributed by atoms with van der Waals surface area (Å²) in [4.78, 5) is 38.0. The highest BCUT2D eigenvalue weighted by molar-refractivity contribution is 7.90. The van der Waals surface area contributed by atoms with Crippen molar-refractivity contribution in [2.45, 2.75) is 126 Å². The maximum absolute atomic E-state index is 14.1. The molecule has 16 heteroatoms. The third-order valence-electron chi connectivity index (χ3n) is 15.4. The molecule has 1 amide bonds. The second-order valence-electron chi connectivity index (χ2n) is 20.4. The maximum atomic E-state index is 14.1. The SMILES string of the molecule is CC(C)c1ccccc1[C@H]1CCCN1C1CC2(CCN(c3ccc(C(=O)NS(=O)(=O)c4cc5c(c([N+](=O)[O-])c4)O[C@@H](CC4CCC(C)(O)CC4)CN5)c(Oc4cnc5[nH]ccc5c4)c3)CC2)C1. The molecule has 2 aromatic heterocycles. The summed E-state index contributed by atoms with van der Waals surface area (Å²) in [5, 5.41) is 26.7. The van der Waals surface area contributed by atoms with Crippen LogP contribution in [0.2, 0.25) is 0 Å². The lowest BCUT2D eigenvalue weighted by atomic mass is 9.59. The Labute approximate surface area is 391 Å². The van der Waals surface area contributed by atoms with Crippen molar-refractivity contribution < 1.29 is 32.7 Å². The van der Waals surface area contributed by atoms with E-state index in [2.05, 4.69) is 67.9 Å². The number of nitro groups is 1. The molecule has 2 saturated carbocycles. The van der Waals surface area contributed by atoms with E-state index in [1.165, 1.54) is 42.9 Å². The van der Waals surface area contributed by atoms with E-state index in [1.54, 1.807) is 30.6 Å². The molecule has 0 bridgehead atoms. The molecule has 67 heavy (non-hydrogen) atoms. The second kappa shape index (κ2) is 17.7. The topological polar surface area (TPSA) is 192 Å². The largest absolute Gasteiger partial charge is 0.480 e. The normalized spacial score (nSPS) is 24.2. The highest BCUT2D eigenvalue weighted by atomic mass is 32.2. The summed E-state index contributed by atoms with van der Waals surface area (Å²) in [6.07, 6.45) is 13.5. The fraction of sp³-hybridized carbons (Fsp3) is 0.490. The van der Waals surface area contributed by atoms with Crippen molar-refractivity contribution in [3.63, 3.8) is 0 Å². The number of carbonyl (C=O) groups excluding carboxylic acids is 1. The Balaban J connectivity index is 0.845. The number of likely N-dealkylation sites (tertiary alicyclic amines) is 1. The molecule has 354 valence electrons.